The minimum Gasteiger partial charge on any atom is -0.493 e. The summed E-state index contributed by atoms with van der Waals surface area (Å²) in [4.78, 5) is 12.8. The van der Waals surface area contributed by atoms with Gasteiger partial charge in [-0.15, -0.1) is 0 Å². The number of carbonyl (C=O) groups excluding carboxylic acids is 1. The Bertz CT molecular complexity index is 998. The Labute approximate surface area is 166 Å². The van der Waals surface area contributed by atoms with Crippen molar-refractivity contribution in [2.75, 3.05) is 20.8 Å². The van der Waals surface area contributed by atoms with Crippen molar-refractivity contribution >= 4 is 12.0 Å². The Morgan fingerprint density at radius 1 is 1.14 bits per heavy atom. The van der Waals surface area contributed by atoms with Crippen molar-refractivity contribution in [1.82, 2.24) is 4.90 Å². The number of aryl methyl sites for hydroxylation is 1. The van der Waals surface area contributed by atoms with Gasteiger partial charge < -0.3 is 14.4 Å². The number of ether oxygens (including phenoxy) is 2. The fourth-order valence-electron chi connectivity index (χ4n) is 4.35. The molecule has 4 nitrogen and oxygen atoms in total. The van der Waals surface area contributed by atoms with E-state index in [2.05, 4.69) is 0 Å². The topological polar surface area (TPSA) is 38.8 Å². The molecule has 7 heteroatoms. The second-order valence-corrected chi connectivity index (χ2v) is 7.12. The van der Waals surface area contributed by atoms with Gasteiger partial charge in [0.2, 0.25) is 0 Å². The fourth-order valence-corrected chi connectivity index (χ4v) is 4.35. The summed E-state index contributed by atoms with van der Waals surface area (Å²) in [6.07, 6.45) is -0.785. The number of fused-ring (bicyclic) bond motifs is 2. The maximum absolute atomic E-state index is 13.2. The monoisotopic (exact) mass is 403 g/mol. The number of methoxy groups -OCH3 is 2. The average molecular weight is 403 g/mol. The van der Waals surface area contributed by atoms with E-state index >= 15 is 0 Å². The van der Waals surface area contributed by atoms with Gasteiger partial charge in [0.1, 0.15) is 0 Å². The van der Waals surface area contributed by atoms with Crippen LogP contribution in [0.5, 0.6) is 11.5 Å². The first-order valence-electron chi connectivity index (χ1n) is 9.26. The van der Waals surface area contributed by atoms with Crippen molar-refractivity contribution in [1.29, 1.82) is 0 Å². The molecular weight excluding hydrogens is 383 g/mol. The van der Waals surface area contributed by atoms with Gasteiger partial charge in [-0.3, -0.25) is 4.79 Å². The molecule has 1 aliphatic heterocycles. The molecule has 29 heavy (non-hydrogen) atoms. The number of benzene rings is 2. The van der Waals surface area contributed by atoms with Gasteiger partial charge in [-0.1, -0.05) is 24.3 Å². The Kier molecular flexibility index (Phi) is 4.76. The van der Waals surface area contributed by atoms with Crippen LogP contribution in [0.1, 0.15) is 33.7 Å². The molecule has 0 spiro atoms. The zero-order chi connectivity index (χ0) is 20.8. The minimum atomic E-state index is -4.94. The highest BCUT2D eigenvalue weighted by molar-refractivity contribution is 5.84. The van der Waals surface area contributed by atoms with Crippen LogP contribution in [-0.4, -0.2) is 37.7 Å². The molecule has 2 aromatic rings. The van der Waals surface area contributed by atoms with E-state index in [-0.39, 0.29) is 6.54 Å². The van der Waals surface area contributed by atoms with E-state index in [1.54, 1.807) is 19.3 Å². The lowest BCUT2D eigenvalue weighted by Crippen LogP contribution is -2.39. The van der Waals surface area contributed by atoms with E-state index in [4.69, 9.17) is 9.47 Å². The predicted molar refractivity (Wildman–Crippen MR) is 102 cm³/mol. The lowest BCUT2D eigenvalue weighted by molar-refractivity contribution is -0.182. The largest absolute Gasteiger partial charge is 0.493 e. The normalized spacial score (nSPS) is 17.7. The third kappa shape index (κ3) is 3.24. The number of nitrogens with zero attached hydrogens (tertiary/aromatic N) is 1. The molecule has 0 radical (unpaired) electrons. The molecule has 0 saturated carbocycles. The van der Waals surface area contributed by atoms with Crippen molar-refractivity contribution in [3.63, 3.8) is 0 Å². The first-order valence-corrected chi connectivity index (χ1v) is 9.26. The predicted octanol–water partition coefficient (Wildman–Crippen LogP) is 4.31. The van der Waals surface area contributed by atoms with Crippen LogP contribution in [0, 0.1) is 0 Å². The summed E-state index contributed by atoms with van der Waals surface area (Å²) < 4.78 is 50.6. The number of amides is 1. The molecule has 0 aromatic heterocycles. The lowest BCUT2D eigenvalue weighted by atomic mass is 9.84. The second-order valence-electron chi connectivity index (χ2n) is 7.12. The van der Waals surface area contributed by atoms with E-state index in [0.717, 1.165) is 39.1 Å². The standard InChI is InChI=1S/C22H20F3NO3/c1-28-18-11-14-9-10-26(21(27)22(23,24)25)12-17-15-6-4-3-5-13(15)7-8-16(19(14)17)20(18)29-2/h3-6,9-11,17H,7-8,12H2,1-2H3. The van der Waals surface area contributed by atoms with Crippen LogP contribution in [0.2, 0.25) is 0 Å². The zero-order valence-corrected chi connectivity index (χ0v) is 16.0. The number of hydrogen-bond donors (Lipinski definition) is 0. The molecule has 2 aromatic carbocycles. The molecule has 1 heterocycles. The highest BCUT2D eigenvalue weighted by Crippen LogP contribution is 2.46. The van der Waals surface area contributed by atoms with Crippen LogP contribution in [0.15, 0.2) is 36.5 Å². The van der Waals surface area contributed by atoms with E-state index in [0.29, 0.717) is 17.9 Å². The highest BCUT2D eigenvalue weighted by atomic mass is 19.4. The molecule has 1 unspecified atom stereocenters. The van der Waals surface area contributed by atoms with Crippen molar-refractivity contribution in [2.45, 2.75) is 24.9 Å². The molecule has 0 bridgehead atoms. The summed E-state index contributed by atoms with van der Waals surface area (Å²) in [7, 11) is 3.08. The molecule has 0 N–H and O–H groups in total. The summed E-state index contributed by atoms with van der Waals surface area (Å²) in [5.74, 6) is -1.16. The van der Waals surface area contributed by atoms with Crippen LogP contribution in [0.4, 0.5) is 13.2 Å². The smallest absolute Gasteiger partial charge is 0.471 e. The third-order valence-electron chi connectivity index (χ3n) is 5.58. The van der Waals surface area contributed by atoms with Crippen LogP contribution >= 0.6 is 0 Å². The molecule has 0 fully saturated rings. The second kappa shape index (κ2) is 7.13. The molecule has 4 rings (SSSR count). The first-order chi connectivity index (χ1) is 13.8. The highest BCUT2D eigenvalue weighted by Gasteiger charge is 2.44. The van der Waals surface area contributed by atoms with Crippen LogP contribution < -0.4 is 9.47 Å². The fraction of sp³-hybridized carbons (Fsp3) is 0.318. The summed E-state index contributed by atoms with van der Waals surface area (Å²) in [6, 6.07) is 9.46. The lowest BCUT2D eigenvalue weighted by Gasteiger charge is -2.27. The Hall–Kier alpha value is -2.96. The molecule has 2 aliphatic rings. The SMILES string of the molecule is COc1cc2c3c(c1OC)CCc1ccccc1C3CN(C(=O)C(F)(F)F)C=C2. The maximum Gasteiger partial charge on any atom is 0.471 e. The van der Waals surface area contributed by atoms with E-state index in [1.165, 1.54) is 13.3 Å². The first kappa shape index (κ1) is 19.4. The number of halogens is 3. The summed E-state index contributed by atoms with van der Waals surface area (Å²) >= 11 is 0. The van der Waals surface area contributed by atoms with E-state index < -0.39 is 18.0 Å². The Morgan fingerprint density at radius 2 is 1.90 bits per heavy atom. The van der Waals surface area contributed by atoms with Gasteiger partial charge in [0, 0.05) is 24.2 Å². The van der Waals surface area contributed by atoms with Crippen molar-refractivity contribution in [2.24, 2.45) is 0 Å². The van der Waals surface area contributed by atoms with Crippen molar-refractivity contribution in [3.05, 3.63) is 64.3 Å². The van der Waals surface area contributed by atoms with Gasteiger partial charge in [-0.25, -0.2) is 0 Å². The third-order valence-corrected chi connectivity index (χ3v) is 5.58. The van der Waals surface area contributed by atoms with Crippen LogP contribution in [-0.2, 0) is 17.6 Å². The van der Waals surface area contributed by atoms with Gasteiger partial charge in [-0.05, 0) is 47.2 Å². The number of alkyl halides is 3. The van der Waals surface area contributed by atoms with Gasteiger partial charge >= 0.3 is 12.1 Å². The summed E-state index contributed by atoms with van der Waals surface area (Å²) in [5, 5.41) is 0. The molecule has 1 aliphatic carbocycles. The number of rotatable bonds is 2. The van der Waals surface area contributed by atoms with Crippen molar-refractivity contribution in [3.8, 4) is 11.5 Å². The van der Waals surface area contributed by atoms with Crippen LogP contribution in [0.25, 0.3) is 6.08 Å². The average Bonchev–Trinajstić information content (AvgIpc) is 2.99. The quantitative estimate of drug-likeness (QED) is 0.750. The molecular formula is C22H20F3NO3. The van der Waals surface area contributed by atoms with E-state index in [1.807, 2.05) is 24.3 Å². The Morgan fingerprint density at radius 3 is 2.59 bits per heavy atom. The molecule has 1 amide bonds. The maximum atomic E-state index is 13.2. The minimum absolute atomic E-state index is 0.0959. The molecule has 0 saturated heterocycles. The van der Waals surface area contributed by atoms with Gasteiger partial charge in [0.25, 0.3) is 0 Å². The summed E-state index contributed by atoms with van der Waals surface area (Å²) in [5.41, 5.74) is 4.53. The number of hydrogen-bond acceptors (Lipinski definition) is 3. The Balaban J connectivity index is 1.96. The van der Waals surface area contributed by atoms with Gasteiger partial charge in [-0.2, -0.15) is 13.2 Å². The number of carbonyl (C=O) groups is 1. The summed E-state index contributed by atoms with van der Waals surface area (Å²) in [6.45, 7) is -0.0959. The van der Waals surface area contributed by atoms with Crippen LogP contribution in [0.3, 0.4) is 0 Å². The van der Waals surface area contributed by atoms with Gasteiger partial charge in [0.05, 0.1) is 14.2 Å². The molecule has 1 atom stereocenters. The zero-order valence-electron chi connectivity index (χ0n) is 16.0. The molecule has 152 valence electrons. The van der Waals surface area contributed by atoms with Gasteiger partial charge in [0.15, 0.2) is 11.5 Å². The van der Waals surface area contributed by atoms with Crippen molar-refractivity contribution < 1.29 is 27.4 Å². The van der Waals surface area contributed by atoms with E-state index in [9.17, 15) is 18.0 Å².